The maximum Gasteiger partial charge on any atom is 0.0327 e. The fourth-order valence-electron chi connectivity index (χ4n) is 2.11. The molecule has 0 saturated carbocycles. The van der Waals surface area contributed by atoms with E-state index in [-0.39, 0.29) is 0 Å². The topological polar surface area (TPSA) is 15.3 Å². The van der Waals surface area contributed by atoms with E-state index in [9.17, 15) is 0 Å². The molecular weight excluding hydrogens is 284 g/mol. The number of nitrogens with one attached hydrogen (secondary N) is 1. The number of likely N-dealkylation sites (tertiary alicyclic amines) is 1. The van der Waals surface area contributed by atoms with Gasteiger partial charge in [0.15, 0.2) is 0 Å². The normalized spacial score (nSPS) is 22.1. The molecule has 16 heavy (non-hydrogen) atoms. The molecule has 0 aromatic carbocycles. The van der Waals surface area contributed by atoms with Crippen molar-refractivity contribution in [1.29, 1.82) is 0 Å². The van der Waals surface area contributed by atoms with Crippen LogP contribution in [0.5, 0.6) is 0 Å². The van der Waals surface area contributed by atoms with Crippen molar-refractivity contribution < 1.29 is 0 Å². The van der Waals surface area contributed by atoms with E-state index in [1.807, 2.05) is 11.3 Å². The smallest absolute Gasteiger partial charge is 0.0327 e. The predicted octanol–water partition coefficient (Wildman–Crippen LogP) is 3.08. The first-order valence-corrected chi connectivity index (χ1v) is 7.53. The fraction of sp³-hybridized carbons (Fsp3) is 0.667. The summed E-state index contributed by atoms with van der Waals surface area (Å²) in [7, 11) is 0. The van der Waals surface area contributed by atoms with Crippen LogP contribution >= 0.6 is 27.3 Å². The summed E-state index contributed by atoms with van der Waals surface area (Å²) in [6.07, 6.45) is 1.28. The molecule has 0 aliphatic carbocycles. The number of rotatable bonds is 4. The molecule has 1 aliphatic heterocycles. The average Bonchev–Trinajstić information content (AvgIpc) is 2.83. The van der Waals surface area contributed by atoms with Crippen LogP contribution in [-0.4, -0.2) is 30.1 Å². The Hall–Kier alpha value is 0.100. The van der Waals surface area contributed by atoms with Crippen LogP contribution in [0.15, 0.2) is 15.9 Å². The molecule has 1 unspecified atom stereocenters. The first-order valence-electron chi connectivity index (χ1n) is 5.86. The van der Waals surface area contributed by atoms with E-state index in [0.717, 1.165) is 6.54 Å². The predicted molar refractivity (Wildman–Crippen MR) is 74.0 cm³/mol. The van der Waals surface area contributed by atoms with Crippen molar-refractivity contribution in [3.63, 3.8) is 0 Å². The molecule has 1 saturated heterocycles. The van der Waals surface area contributed by atoms with Gasteiger partial charge in [0.05, 0.1) is 0 Å². The summed E-state index contributed by atoms with van der Waals surface area (Å²) in [5.41, 5.74) is 0. The minimum atomic E-state index is 0.663. The molecule has 0 spiro atoms. The van der Waals surface area contributed by atoms with E-state index in [1.165, 1.54) is 28.9 Å². The lowest BCUT2D eigenvalue weighted by Gasteiger charge is -2.20. The molecule has 1 N–H and O–H groups in total. The Morgan fingerprint density at radius 2 is 2.44 bits per heavy atom. The highest BCUT2D eigenvalue weighted by Crippen LogP contribution is 2.23. The summed E-state index contributed by atoms with van der Waals surface area (Å²) in [6.45, 7) is 7.98. The zero-order valence-corrected chi connectivity index (χ0v) is 12.3. The van der Waals surface area contributed by atoms with Gasteiger partial charge in [-0.2, -0.15) is 0 Å². The van der Waals surface area contributed by atoms with Gasteiger partial charge in [-0.1, -0.05) is 0 Å². The molecule has 2 rings (SSSR count). The Bertz CT molecular complexity index is 338. The maximum atomic E-state index is 3.65. The molecule has 1 aliphatic rings. The third kappa shape index (κ3) is 3.06. The zero-order valence-electron chi connectivity index (χ0n) is 9.87. The summed E-state index contributed by atoms with van der Waals surface area (Å²) in [5, 5.41) is 5.78. The van der Waals surface area contributed by atoms with Gasteiger partial charge in [-0.3, -0.25) is 4.90 Å². The van der Waals surface area contributed by atoms with Crippen LogP contribution in [0.25, 0.3) is 0 Å². The van der Waals surface area contributed by atoms with Gasteiger partial charge in [0.2, 0.25) is 0 Å². The highest BCUT2D eigenvalue weighted by atomic mass is 79.9. The van der Waals surface area contributed by atoms with Gasteiger partial charge >= 0.3 is 0 Å². The number of thiophene rings is 1. The second kappa shape index (κ2) is 5.63. The number of hydrogen-bond acceptors (Lipinski definition) is 3. The second-order valence-electron chi connectivity index (χ2n) is 4.65. The van der Waals surface area contributed by atoms with Crippen molar-refractivity contribution >= 4 is 27.3 Å². The van der Waals surface area contributed by atoms with Crippen molar-refractivity contribution in [1.82, 2.24) is 10.2 Å². The SMILES string of the molecule is CC(C)N1CCC(NCc2sccc2Br)C1. The fourth-order valence-corrected chi connectivity index (χ4v) is 3.55. The van der Waals surface area contributed by atoms with Gasteiger partial charge < -0.3 is 5.32 Å². The van der Waals surface area contributed by atoms with E-state index < -0.39 is 0 Å². The lowest BCUT2D eigenvalue weighted by Crippen LogP contribution is -2.34. The summed E-state index contributed by atoms with van der Waals surface area (Å²) >= 11 is 5.39. The molecule has 1 aromatic heterocycles. The Morgan fingerprint density at radius 1 is 1.62 bits per heavy atom. The Kier molecular flexibility index (Phi) is 4.41. The van der Waals surface area contributed by atoms with Crippen LogP contribution in [0.4, 0.5) is 0 Å². The third-order valence-electron chi connectivity index (χ3n) is 3.19. The lowest BCUT2D eigenvalue weighted by molar-refractivity contribution is 0.268. The summed E-state index contributed by atoms with van der Waals surface area (Å²) in [5.74, 6) is 0. The average molecular weight is 303 g/mol. The first-order chi connectivity index (χ1) is 7.66. The van der Waals surface area contributed by atoms with E-state index in [4.69, 9.17) is 0 Å². The molecule has 2 heterocycles. The zero-order chi connectivity index (χ0) is 11.5. The van der Waals surface area contributed by atoms with Gasteiger partial charge in [0.25, 0.3) is 0 Å². The quantitative estimate of drug-likeness (QED) is 0.919. The number of hydrogen-bond donors (Lipinski definition) is 1. The van der Waals surface area contributed by atoms with Gasteiger partial charge in [-0.15, -0.1) is 11.3 Å². The van der Waals surface area contributed by atoms with Crippen molar-refractivity contribution in [3.8, 4) is 0 Å². The maximum absolute atomic E-state index is 3.65. The molecule has 4 heteroatoms. The Morgan fingerprint density at radius 3 is 3.00 bits per heavy atom. The molecule has 90 valence electrons. The van der Waals surface area contributed by atoms with Gasteiger partial charge in [0, 0.05) is 34.5 Å². The number of nitrogens with zero attached hydrogens (tertiary/aromatic N) is 1. The van der Waals surface area contributed by atoms with Crippen LogP contribution in [0.3, 0.4) is 0 Å². The molecular formula is C12H19BrN2S. The van der Waals surface area contributed by atoms with Crippen molar-refractivity contribution in [3.05, 3.63) is 20.8 Å². The van der Waals surface area contributed by atoms with Crippen molar-refractivity contribution in [2.45, 2.75) is 38.9 Å². The summed E-state index contributed by atoms with van der Waals surface area (Å²) < 4.78 is 1.24. The van der Waals surface area contributed by atoms with Gasteiger partial charge in [-0.05, 0) is 54.2 Å². The second-order valence-corrected chi connectivity index (χ2v) is 6.50. The first kappa shape index (κ1) is 12.6. The van der Waals surface area contributed by atoms with Gasteiger partial charge in [0.1, 0.15) is 0 Å². The van der Waals surface area contributed by atoms with Crippen LogP contribution in [0.2, 0.25) is 0 Å². The van der Waals surface area contributed by atoms with Gasteiger partial charge in [-0.25, -0.2) is 0 Å². The Labute approximate surface area is 110 Å². The van der Waals surface area contributed by atoms with E-state index in [2.05, 4.69) is 51.4 Å². The highest BCUT2D eigenvalue weighted by molar-refractivity contribution is 9.10. The molecule has 0 radical (unpaired) electrons. The van der Waals surface area contributed by atoms with E-state index in [1.54, 1.807) is 0 Å². The standard InChI is InChI=1S/C12H19BrN2S/c1-9(2)15-5-3-10(8-15)14-7-12-11(13)4-6-16-12/h4,6,9-10,14H,3,5,7-8H2,1-2H3. The monoisotopic (exact) mass is 302 g/mol. The molecule has 1 fully saturated rings. The van der Waals surface area contributed by atoms with E-state index in [0.29, 0.717) is 12.1 Å². The van der Waals surface area contributed by atoms with Crippen molar-refractivity contribution in [2.75, 3.05) is 13.1 Å². The minimum Gasteiger partial charge on any atom is -0.308 e. The molecule has 0 amide bonds. The van der Waals surface area contributed by atoms with Crippen LogP contribution < -0.4 is 5.32 Å². The van der Waals surface area contributed by atoms with Crippen molar-refractivity contribution in [2.24, 2.45) is 0 Å². The molecule has 1 atom stereocenters. The molecule has 1 aromatic rings. The Balaban J connectivity index is 1.78. The molecule has 2 nitrogen and oxygen atoms in total. The number of halogens is 1. The lowest BCUT2D eigenvalue weighted by atomic mass is 10.2. The summed E-state index contributed by atoms with van der Waals surface area (Å²) in [6, 6.07) is 3.47. The van der Waals surface area contributed by atoms with Crippen LogP contribution in [0.1, 0.15) is 25.1 Å². The minimum absolute atomic E-state index is 0.663. The highest BCUT2D eigenvalue weighted by Gasteiger charge is 2.23. The summed E-state index contributed by atoms with van der Waals surface area (Å²) in [4.78, 5) is 3.95. The van der Waals surface area contributed by atoms with Crippen LogP contribution in [0, 0.1) is 0 Å². The largest absolute Gasteiger partial charge is 0.308 e. The third-order valence-corrected chi connectivity index (χ3v) is 5.12. The molecule has 0 bridgehead atoms. The van der Waals surface area contributed by atoms with Crippen LogP contribution in [-0.2, 0) is 6.54 Å². The van der Waals surface area contributed by atoms with E-state index >= 15 is 0 Å².